The highest BCUT2D eigenvalue weighted by Gasteiger charge is 2.24. The highest BCUT2D eigenvalue weighted by atomic mass is 19.1. The van der Waals surface area contributed by atoms with E-state index in [4.69, 9.17) is 5.73 Å². The maximum atomic E-state index is 13.3. The summed E-state index contributed by atoms with van der Waals surface area (Å²) in [5.41, 5.74) is 6.50. The summed E-state index contributed by atoms with van der Waals surface area (Å²) >= 11 is 0. The molecule has 1 aromatic carbocycles. The fraction of sp³-hybridized carbons (Fsp3) is 0.538. The summed E-state index contributed by atoms with van der Waals surface area (Å²) in [6, 6.07) is 7.38. The molecule has 16 heavy (non-hydrogen) atoms. The number of hydrogen-bond donors (Lipinski definition) is 2. The van der Waals surface area contributed by atoms with Gasteiger partial charge in [0.05, 0.1) is 0 Å². The maximum Gasteiger partial charge on any atom is 0.126 e. The maximum absolute atomic E-state index is 13.3. The molecule has 3 heteroatoms. The first-order valence-electron chi connectivity index (χ1n) is 5.95. The van der Waals surface area contributed by atoms with Crippen molar-refractivity contribution < 1.29 is 4.39 Å². The first-order chi connectivity index (χ1) is 7.75. The van der Waals surface area contributed by atoms with E-state index in [0.717, 1.165) is 43.8 Å². The lowest BCUT2D eigenvalue weighted by Crippen LogP contribution is -2.41. The molecule has 0 unspecified atom stereocenters. The highest BCUT2D eigenvalue weighted by molar-refractivity contribution is 5.17. The minimum Gasteiger partial charge on any atom is -0.328 e. The monoisotopic (exact) mass is 222 g/mol. The third kappa shape index (κ3) is 3.03. The van der Waals surface area contributed by atoms with Gasteiger partial charge in [0, 0.05) is 6.04 Å². The molecule has 0 heterocycles. The fourth-order valence-corrected chi connectivity index (χ4v) is 2.18. The molecule has 1 aromatic rings. The first-order valence-corrected chi connectivity index (χ1v) is 5.95. The Morgan fingerprint density at radius 3 is 2.75 bits per heavy atom. The van der Waals surface area contributed by atoms with Crippen LogP contribution in [0, 0.1) is 11.7 Å². The quantitative estimate of drug-likeness (QED) is 0.744. The number of benzene rings is 1. The van der Waals surface area contributed by atoms with Gasteiger partial charge in [-0.1, -0.05) is 18.2 Å². The summed E-state index contributed by atoms with van der Waals surface area (Å²) in [6.45, 7) is 1.86. The molecule has 88 valence electrons. The van der Waals surface area contributed by atoms with Crippen molar-refractivity contribution in [1.82, 2.24) is 5.32 Å². The Balaban J connectivity index is 1.63. The molecule has 0 bridgehead atoms. The van der Waals surface area contributed by atoms with Gasteiger partial charge in [0.25, 0.3) is 0 Å². The number of rotatable bonds is 5. The molecule has 0 amide bonds. The van der Waals surface area contributed by atoms with Gasteiger partial charge in [0.1, 0.15) is 5.82 Å². The second-order valence-electron chi connectivity index (χ2n) is 4.64. The van der Waals surface area contributed by atoms with Gasteiger partial charge in [-0.15, -0.1) is 0 Å². The average molecular weight is 222 g/mol. The Bertz CT molecular complexity index is 334. The largest absolute Gasteiger partial charge is 0.328 e. The van der Waals surface area contributed by atoms with Gasteiger partial charge in [-0.05, 0) is 49.9 Å². The van der Waals surface area contributed by atoms with Gasteiger partial charge in [0.2, 0.25) is 0 Å². The lowest BCUT2D eigenvalue weighted by Gasteiger charge is -2.32. The van der Waals surface area contributed by atoms with Crippen molar-refractivity contribution in [3.05, 3.63) is 35.6 Å². The van der Waals surface area contributed by atoms with Gasteiger partial charge in [-0.25, -0.2) is 4.39 Å². The van der Waals surface area contributed by atoms with E-state index in [1.165, 1.54) is 6.07 Å². The van der Waals surface area contributed by atoms with Crippen molar-refractivity contribution >= 4 is 0 Å². The SMILES string of the molecule is NC1CC(CNCCc2ccccc2F)C1. The van der Waals surface area contributed by atoms with E-state index >= 15 is 0 Å². The van der Waals surface area contributed by atoms with Gasteiger partial charge in [0.15, 0.2) is 0 Å². The molecule has 1 fully saturated rings. The van der Waals surface area contributed by atoms with E-state index < -0.39 is 0 Å². The van der Waals surface area contributed by atoms with Gasteiger partial charge >= 0.3 is 0 Å². The van der Waals surface area contributed by atoms with Crippen molar-refractivity contribution in [2.45, 2.75) is 25.3 Å². The number of halogens is 1. The molecule has 3 N–H and O–H groups in total. The summed E-state index contributed by atoms with van der Waals surface area (Å²) in [5.74, 6) is 0.630. The molecule has 1 saturated carbocycles. The smallest absolute Gasteiger partial charge is 0.126 e. The third-order valence-electron chi connectivity index (χ3n) is 3.23. The number of hydrogen-bond acceptors (Lipinski definition) is 2. The van der Waals surface area contributed by atoms with Crippen LogP contribution in [0.25, 0.3) is 0 Å². The zero-order valence-corrected chi connectivity index (χ0v) is 9.45. The van der Waals surface area contributed by atoms with Crippen LogP contribution >= 0.6 is 0 Å². The Labute approximate surface area is 96.0 Å². The van der Waals surface area contributed by atoms with Crippen molar-refractivity contribution in [2.24, 2.45) is 11.7 Å². The predicted octanol–water partition coefficient (Wildman–Crippen LogP) is 1.70. The van der Waals surface area contributed by atoms with Crippen LogP contribution in [0.3, 0.4) is 0 Å². The molecule has 1 aliphatic rings. The Morgan fingerprint density at radius 2 is 2.06 bits per heavy atom. The molecule has 2 nitrogen and oxygen atoms in total. The Hall–Kier alpha value is -0.930. The van der Waals surface area contributed by atoms with Gasteiger partial charge < -0.3 is 11.1 Å². The van der Waals surface area contributed by atoms with E-state index in [-0.39, 0.29) is 5.82 Å². The number of nitrogens with one attached hydrogen (secondary N) is 1. The van der Waals surface area contributed by atoms with Crippen LogP contribution in [0.15, 0.2) is 24.3 Å². The van der Waals surface area contributed by atoms with Crippen molar-refractivity contribution in [3.8, 4) is 0 Å². The molecular formula is C13H19FN2. The van der Waals surface area contributed by atoms with E-state index in [0.29, 0.717) is 6.04 Å². The predicted molar refractivity (Wildman–Crippen MR) is 63.7 cm³/mol. The van der Waals surface area contributed by atoms with Crippen molar-refractivity contribution in [3.63, 3.8) is 0 Å². The summed E-state index contributed by atoms with van der Waals surface area (Å²) in [6.07, 6.45) is 3.02. The van der Waals surface area contributed by atoms with Crippen molar-refractivity contribution in [1.29, 1.82) is 0 Å². The van der Waals surface area contributed by atoms with E-state index in [1.54, 1.807) is 6.07 Å². The summed E-state index contributed by atoms with van der Waals surface area (Å²) in [5, 5.41) is 3.36. The minimum absolute atomic E-state index is 0.102. The van der Waals surface area contributed by atoms with E-state index in [2.05, 4.69) is 5.32 Å². The molecule has 0 spiro atoms. The molecule has 1 aliphatic carbocycles. The topological polar surface area (TPSA) is 38.0 Å². The molecule has 0 aromatic heterocycles. The second kappa shape index (κ2) is 5.41. The van der Waals surface area contributed by atoms with Crippen molar-refractivity contribution in [2.75, 3.05) is 13.1 Å². The average Bonchev–Trinajstić information content (AvgIpc) is 2.23. The standard InChI is InChI=1S/C13H19FN2/c14-13-4-2-1-3-11(13)5-6-16-9-10-7-12(15)8-10/h1-4,10,12,16H,5-9,15H2. The zero-order chi connectivity index (χ0) is 11.4. The van der Waals surface area contributed by atoms with Crippen LogP contribution in [0.2, 0.25) is 0 Å². The fourth-order valence-electron chi connectivity index (χ4n) is 2.18. The summed E-state index contributed by atoms with van der Waals surface area (Å²) < 4.78 is 13.3. The van der Waals surface area contributed by atoms with Crippen LogP contribution in [0.1, 0.15) is 18.4 Å². The van der Waals surface area contributed by atoms with Gasteiger partial charge in [-0.2, -0.15) is 0 Å². The molecule has 0 saturated heterocycles. The van der Waals surface area contributed by atoms with Crippen LogP contribution < -0.4 is 11.1 Å². The lowest BCUT2D eigenvalue weighted by atomic mass is 9.81. The van der Waals surface area contributed by atoms with Crippen LogP contribution in [-0.4, -0.2) is 19.1 Å². The normalized spacial score (nSPS) is 24.1. The zero-order valence-electron chi connectivity index (χ0n) is 9.45. The third-order valence-corrected chi connectivity index (χ3v) is 3.23. The molecular weight excluding hydrogens is 203 g/mol. The second-order valence-corrected chi connectivity index (χ2v) is 4.64. The van der Waals surface area contributed by atoms with Crippen LogP contribution in [-0.2, 0) is 6.42 Å². The van der Waals surface area contributed by atoms with E-state index in [1.807, 2.05) is 12.1 Å². The summed E-state index contributed by atoms with van der Waals surface area (Å²) in [4.78, 5) is 0. The Kier molecular flexibility index (Phi) is 3.91. The molecule has 0 atom stereocenters. The van der Waals surface area contributed by atoms with Gasteiger partial charge in [-0.3, -0.25) is 0 Å². The van der Waals surface area contributed by atoms with Crippen LogP contribution in [0.4, 0.5) is 4.39 Å². The molecule has 2 rings (SSSR count). The first kappa shape index (κ1) is 11.6. The number of nitrogens with two attached hydrogens (primary N) is 1. The lowest BCUT2D eigenvalue weighted by molar-refractivity contribution is 0.257. The van der Waals surface area contributed by atoms with Crippen LogP contribution in [0.5, 0.6) is 0 Å². The Morgan fingerprint density at radius 1 is 1.31 bits per heavy atom. The van der Waals surface area contributed by atoms with E-state index in [9.17, 15) is 4.39 Å². The molecule has 0 aliphatic heterocycles. The highest BCUT2D eigenvalue weighted by Crippen LogP contribution is 2.24. The molecule has 0 radical (unpaired) electrons. The summed E-state index contributed by atoms with van der Waals surface area (Å²) in [7, 11) is 0. The minimum atomic E-state index is -0.102.